The Hall–Kier alpha value is -0.680. The third-order valence-corrected chi connectivity index (χ3v) is 3.33. The molecule has 1 heterocycles. The molecule has 3 N–H and O–H groups in total. The van der Waals surface area contributed by atoms with Gasteiger partial charge in [0, 0.05) is 11.8 Å². The number of thioether (sulfide) groups is 1. The highest BCUT2D eigenvalue weighted by atomic mass is 35.5. The van der Waals surface area contributed by atoms with Crippen LogP contribution in [0.4, 0.5) is 11.8 Å². The van der Waals surface area contributed by atoms with Gasteiger partial charge in [0.25, 0.3) is 0 Å². The molecule has 0 aromatic carbocycles. The van der Waals surface area contributed by atoms with Crippen molar-refractivity contribution in [1.29, 1.82) is 0 Å². The summed E-state index contributed by atoms with van der Waals surface area (Å²) in [5, 5.41) is 4.26. The predicted octanol–water partition coefficient (Wildman–Crippen LogP) is 2.27. The molecule has 15 heavy (non-hydrogen) atoms. The van der Waals surface area contributed by atoms with E-state index in [1.807, 2.05) is 11.8 Å². The van der Waals surface area contributed by atoms with E-state index < -0.39 is 0 Å². The van der Waals surface area contributed by atoms with Gasteiger partial charge in [0.05, 0.1) is 6.20 Å². The maximum atomic E-state index is 5.90. The molecule has 4 nitrogen and oxygen atoms in total. The molecule has 0 amide bonds. The van der Waals surface area contributed by atoms with Crippen molar-refractivity contribution in [3.63, 3.8) is 0 Å². The summed E-state index contributed by atoms with van der Waals surface area (Å²) in [4.78, 5) is 7.80. The number of nitrogen functional groups attached to an aromatic ring is 1. The number of nitrogens with zero attached hydrogens (tertiary/aromatic N) is 2. The van der Waals surface area contributed by atoms with Gasteiger partial charge in [-0.3, -0.25) is 0 Å². The summed E-state index contributed by atoms with van der Waals surface area (Å²) < 4.78 is 0. The molecule has 0 aliphatic heterocycles. The van der Waals surface area contributed by atoms with Crippen molar-refractivity contribution in [3.8, 4) is 0 Å². The second-order valence-electron chi connectivity index (χ2n) is 3.19. The lowest BCUT2D eigenvalue weighted by Gasteiger charge is -2.10. The molecule has 0 saturated carbocycles. The van der Waals surface area contributed by atoms with Crippen molar-refractivity contribution < 1.29 is 0 Å². The lowest BCUT2D eigenvalue weighted by molar-refractivity contribution is 0.849. The highest BCUT2D eigenvalue weighted by Crippen LogP contribution is 2.18. The van der Waals surface area contributed by atoms with Crippen molar-refractivity contribution >= 4 is 35.1 Å². The Kier molecular flexibility index (Phi) is 4.98. The molecule has 1 atom stereocenters. The van der Waals surface area contributed by atoms with Crippen LogP contribution in [0.25, 0.3) is 0 Å². The number of anilines is 2. The molecule has 0 aliphatic rings. The molecular formula is C9H15ClN4S. The average molecular weight is 247 g/mol. The zero-order valence-electron chi connectivity index (χ0n) is 8.83. The van der Waals surface area contributed by atoms with Crippen molar-refractivity contribution in [2.24, 2.45) is 0 Å². The van der Waals surface area contributed by atoms with Crippen molar-refractivity contribution in [2.45, 2.75) is 18.6 Å². The number of nitrogens with one attached hydrogen (secondary N) is 1. The van der Waals surface area contributed by atoms with Gasteiger partial charge in [0.1, 0.15) is 10.8 Å². The minimum atomic E-state index is 0.236. The number of aromatic nitrogens is 2. The predicted molar refractivity (Wildman–Crippen MR) is 67.5 cm³/mol. The van der Waals surface area contributed by atoms with Crippen LogP contribution in [-0.2, 0) is 0 Å². The molecule has 0 radical (unpaired) electrons. The third-order valence-electron chi connectivity index (χ3n) is 2.01. The van der Waals surface area contributed by atoms with Gasteiger partial charge >= 0.3 is 0 Å². The van der Waals surface area contributed by atoms with Crippen molar-refractivity contribution in [2.75, 3.05) is 23.9 Å². The Labute approximate surface area is 99.0 Å². The molecule has 0 aliphatic carbocycles. The van der Waals surface area contributed by atoms with Crippen LogP contribution in [0, 0.1) is 0 Å². The number of hydrogen-bond donors (Lipinski definition) is 2. The van der Waals surface area contributed by atoms with E-state index >= 15 is 0 Å². The molecule has 1 unspecified atom stereocenters. The molecule has 1 aromatic rings. The Balaban J connectivity index is 2.46. The van der Waals surface area contributed by atoms with E-state index in [0.29, 0.717) is 16.1 Å². The molecule has 6 heteroatoms. The van der Waals surface area contributed by atoms with Crippen molar-refractivity contribution in [3.05, 3.63) is 11.2 Å². The van der Waals surface area contributed by atoms with Gasteiger partial charge in [-0.2, -0.15) is 16.7 Å². The fourth-order valence-corrected chi connectivity index (χ4v) is 1.53. The van der Waals surface area contributed by atoms with Crippen LogP contribution in [0.5, 0.6) is 0 Å². The average Bonchev–Trinajstić information content (AvgIpc) is 2.23. The first-order valence-corrected chi connectivity index (χ1v) is 6.34. The smallest absolute Gasteiger partial charge is 0.222 e. The lowest BCUT2D eigenvalue weighted by Crippen LogP contribution is -2.10. The van der Waals surface area contributed by atoms with E-state index in [0.717, 1.165) is 13.0 Å². The van der Waals surface area contributed by atoms with Gasteiger partial charge in [-0.05, 0) is 12.7 Å². The summed E-state index contributed by atoms with van der Waals surface area (Å²) in [5.41, 5.74) is 5.46. The molecule has 84 valence electrons. The summed E-state index contributed by atoms with van der Waals surface area (Å²) in [6.07, 6.45) is 4.66. The number of halogens is 1. The number of hydrogen-bond acceptors (Lipinski definition) is 5. The topological polar surface area (TPSA) is 63.8 Å². The molecule has 0 fully saturated rings. The highest BCUT2D eigenvalue weighted by Gasteiger charge is 2.04. The molecule has 1 rings (SSSR count). The summed E-state index contributed by atoms with van der Waals surface area (Å²) in [5.74, 6) is 0.845. The monoisotopic (exact) mass is 246 g/mol. The second kappa shape index (κ2) is 6.02. The van der Waals surface area contributed by atoms with Crippen LogP contribution in [0.15, 0.2) is 6.20 Å². The van der Waals surface area contributed by atoms with Crippen LogP contribution in [0.1, 0.15) is 13.3 Å². The molecule has 0 spiro atoms. The normalized spacial score (nSPS) is 12.5. The van der Waals surface area contributed by atoms with Gasteiger partial charge in [-0.15, -0.1) is 0 Å². The molecule has 1 aromatic heterocycles. The van der Waals surface area contributed by atoms with Crippen LogP contribution >= 0.6 is 23.4 Å². The van der Waals surface area contributed by atoms with Crippen LogP contribution in [0.3, 0.4) is 0 Å². The van der Waals surface area contributed by atoms with Crippen LogP contribution in [-0.4, -0.2) is 28.0 Å². The first kappa shape index (κ1) is 12.4. The fraction of sp³-hybridized carbons (Fsp3) is 0.556. The summed E-state index contributed by atoms with van der Waals surface area (Å²) in [6.45, 7) is 3.01. The van der Waals surface area contributed by atoms with Crippen molar-refractivity contribution in [1.82, 2.24) is 9.97 Å². The van der Waals surface area contributed by atoms with E-state index in [1.54, 1.807) is 0 Å². The van der Waals surface area contributed by atoms with Gasteiger partial charge < -0.3 is 11.1 Å². The molecule has 0 bridgehead atoms. The Morgan fingerprint density at radius 2 is 2.40 bits per heavy atom. The van der Waals surface area contributed by atoms with Gasteiger partial charge in [0.2, 0.25) is 5.95 Å². The first-order valence-electron chi connectivity index (χ1n) is 4.68. The third kappa shape index (κ3) is 4.13. The second-order valence-corrected chi connectivity index (χ2v) is 4.87. The van der Waals surface area contributed by atoms with E-state index in [1.165, 1.54) is 6.20 Å². The molecule has 0 saturated heterocycles. The minimum absolute atomic E-state index is 0.236. The van der Waals surface area contributed by atoms with Crippen LogP contribution in [0.2, 0.25) is 5.02 Å². The van der Waals surface area contributed by atoms with E-state index in [9.17, 15) is 0 Å². The number of rotatable bonds is 5. The summed E-state index contributed by atoms with van der Waals surface area (Å²) in [7, 11) is 0. The SMILES string of the molecule is CSC(C)CCNc1nc(N)ncc1Cl. The van der Waals surface area contributed by atoms with Gasteiger partial charge in [0.15, 0.2) is 0 Å². The Morgan fingerprint density at radius 3 is 3.07 bits per heavy atom. The Morgan fingerprint density at radius 1 is 1.67 bits per heavy atom. The summed E-state index contributed by atoms with van der Waals surface area (Å²) in [6, 6.07) is 0. The van der Waals surface area contributed by atoms with E-state index in [-0.39, 0.29) is 5.95 Å². The van der Waals surface area contributed by atoms with Crippen LogP contribution < -0.4 is 11.1 Å². The zero-order chi connectivity index (χ0) is 11.3. The standard InChI is InChI=1S/C9H15ClN4S/c1-6(15-2)3-4-12-8-7(10)5-13-9(11)14-8/h5-6H,3-4H2,1-2H3,(H3,11,12,13,14). The first-order chi connectivity index (χ1) is 7.13. The lowest BCUT2D eigenvalue weighted by atomic mass is 10.3. The number of nitrogens with two attached hydrogens (primary N) is 1. The minimum Gasteiger partial charge on any atom is -0.369 e. The quantitative estimate of drug-likeness (QED) is 0.835. The molecular weight excluding hydrogens is 232 g/mol. The fourth-order valence-electron chi connectivity index (χ4n) is 1.02. The Bertz CT molecular complexity index is 321. The van der Waals surface area contributed by atoms with Gasteiger partial charge in [-0.1, -0.05) is 18.5 Å². The summed E-state index contributed by atoms with van der Waals surface area (Å²) >= 11 is 7.73. The maximum Gasteiger partial charge on any atom is 0.222 e. The maximum absolute atomic E-state index is 5.90. The van der Waals surface area contributed by atoms with E-state index in [4.69, 9.17) is 17.3 Å². The van der Waals surface area contributed by atoms with E-state index in [2.05, 4.69) is 28.5 Å². The zero-order valence-corrected chi connectivity index (χ0v) is 10.4. The largest absolute Gasteiger partial charge is 0.369 e. The van der Waals surface area contributed by atoms with Gasteiger partial charge in [-0.25, -0.2) is 4.98 Å². The highest BCUT2D eigenvalue weighted by molar-refractivity contribution is 7.99.